The van der Waals surface area contributed by atoms with E-state index in [4.69, 9.17) is 26.3 Å². The second-order valence-electron chi connectivity index (χ2n) is 4.06. The van der Waals surface area contributed by atoms with Crippen molar-refractivity contribution in [2.75, 3.05) is 13.2 Å². The molecule has 0 aliphatic rings. The van der Waals surface area contributed by atoms with Crippen molar-refractivity contribution in [2.24, 2.45) is 5.16 Å². The molecule has 0 heterocycles. The maximum atomic E-state index is 8.56. The van der Waals surface area contributed by atoms with Crippen molar-refractivity contribution in [3.8, 4) is 11.5 Å². The van der Waals surface area contributed by atoms with Crippen molar-refractivity contribution in [1.82, 2.24) is 0 Å². The molecular weight excluding hydrogens is 266 g/mol. The van der Waals surface area contributed by atoms with Crippen LogP contribution in [0.2, 0.25) is 5.02 Å². The predicted octanol–water partition coefficient (Wildman–Crippen LogP) is 4.12. The fourth-order valence-corrected chi connectivity index (χ4v) is 1.93. The first kappa shape index (κ1) is 15.6. The Kier molecular flexibility index (Phi) is 7.11. The number of benzene rings is 1. The standard InChI is InChI=1S/C14H20ClNO3/c1-3-5-6-7-19-14-12(15)8-11(10-16-17)9-13(14)18-4-2/h8-10,17H,3-7H2,1-2H3/b16-10+. The van der Waals surface area contributed by atoms with Crippen molar-refractivity contribution in [3.05, 3.63) is 22.7 Å². The van der Waals surface area contributed by atoms with Crippen LogP contribution in [0.1, 0.15) is 38.7 Å². The summed E-state index contributed by atoms with van der Waals surface area (Å²) in [6.07, 6.45) is 4.55. The molecule has 0 aliphatic heterocycles. The topological polar surface area (TPSA) is 51.0 Å². The molecule has 1 aromatic rings. The van der Waals surface area contributed by atoms with Crippen LogP contribution in [0.4, 0.5) is 0 Å². The largest absolute Gasteiger partial charge is 0.490 e. The molecule has 5 heteroatoms. The average molecular weight is 286 g/mol. The molecule has 0 saturated carbocycles. The predicted molar refractivity (Wildman–Crippen MR) is 77.0 cm³/mol. The van der Waals surface area contributed by atoms with Gasteiger partial charge in [0, 0.05) is 5.56 Å². The number of unbranched alkanes of at least 4 members (excludes halogenated alkanes) is 2. The van der Waals surface area contributed by atoms with E-state index in [-0.39, 0.29) is 0 Å². The molecule has 1 aromatic carbocycles. The van der Waals surface area contributed by atoms with Crippen LogP contribution in [-0.2, 0) is 0 Å². The highest BCUT2D eigenvalue weighted by atomic mass is 35.5. The SMILES string of the molecule is CCCCCOc1c(Cl)cc(/C=N/O)cc1OCC. The number of rotatable bonds is 8. The van der Waals surface area contributed by atoms with Crippen molar-refractivity contribution < 1.29 is 14.7 Å². The van der Waals surface area contributed by atoms with E-state index in [0.29, 0.717) is 35.3 Å². The van der Waals surface area contributed by atoms with Crippen LogP contribution in [0.5, 0.6) is 11.5 Å². The highest BCUT2D eigenvalue weighted by Gasteiger charge is 2.12. The first-order valence-corrected chi connectivity index (χ1v) is 6.87. The molecule has 0 fully saturated rings. The minimum atomic E-state index is 0.456. The van der Waals surface area contributed by atoms with Gasteiger partial charge in [0.05, 0.1) is 24.5 Å². The summed E-state index contributed by atoms with van der Waals surface area (Å²) >= 11 is 6.17. The van der Waals surface area contributed by atoms with E-state index in [1.165, 1.54) is 6.21 Å². The molecule has 19 heavy (non-hydrogen) atoms. The first-order chi connectivity index (χ1) is 9.22. The summed E-state index contributed by atoms with van der Waals surface area (Å²) < 4.78 is 11.2. The van der Waals surface area contributed by atoms with Gasteiger partial charge in [0.1, 0.15) is 0 Å². The summed E-state index contributed by atoms with van der Waals surface area (Å²) in [7, 11) is 0. The number of hydrogen-bond acceptors (Lipinski definition) is 4. The lowest BCUT2D eigenvalue weighted by molar-refractivity contribution is 0.271. The number of nitrogens with zero attached hydrogens (tertiary/aromatic N) is 1. The van der Waals surface area contributed by atoms with E-state index in [1.807, 2.05) is 6.92 Å². The van der Waals surface area contributed by atoms with Crippen molar-refractivity contribution >= 4 is 17.8 Å². The molecule has 0 spiro atoms. The van der Waals surface area contributed by atoms with Gasteiger partial charge < -0.3 is 14.7 Å². The van der Waals surface area contributed by atoms with Gasteiger partial charge in [-0.3, -0.25) is 0 Å². The highest BCUT2D eigenvalue weighted by molar-refractivity contribution is 6.32. The number of oxime groups is 1. The Bertz CT molecular complexity index is 421. The first-order valence-electron chi connectivity index (χ1n) is 6.49. The molecule has 0 radical (unpaired) electrons. The van der Waals surface area contributed by atoms with Gasteiger partial charge >= 0.3 is 0 Å². The van der Waals surface area contributed by atoms with E-state index in [2.05, 4.69) is 12.1 Å². The summed E-state index contributed by atoms with van der Waals surface area (Å²) in [5.41, 5.74) is 0.664. The molecular formula is C14H20ClNO3. The van der Waals surface area contributed by atoms with Crippen molar-refractivity contribution in [1.29, 1.82) is 0 Å². The third kappa shape index (κ3) is 4.99. The lowest BCUT2D eigenvalue weighted by Gasteiger charge is -2.14. The molecule has 0 unspecified atom stereocenters. The molecule has 0 amide bonds. The summed E-state index contributed by atoms with van der Waals surface area (Å²) in [5.74, 6) is 1.12. The van der Waals surface area contributed by atoms with E-state index < -0.39 is 0 Å². The molecule has 0 aromatic heterocycles. The zero-order chi connectivity index (χ0) is 14.1. The minimum Gasteiger partial charge on any atom is -0.490 e. The molecule has 0 saturated heterocycles. The molecule has 4 nitrogen and oxygen atoms in total. The Balaban J connectivity index is 2.87. The Hall–Kier alpha value is -1.42. The highest BCUT2D eigenvalue weighted by Crippen LogP contribution is 2.36. The lowest BCUT2D eigenvalue weighted by atomic mass is 10.2. The van der Waals surface area contributed by atoms with Gasteiger partial charge in [-0.25, -0.2) is 0 Å². The molecule has 0 bridgehead atoms. The number of hydrogen-bond donors (Lipinski definition) is 1. The Morgan fingerprint density at radius 1 is 1.26 bits per heavy atom. The summed E-state index contributed by atoms with van der Waals surface area (Å²) in [4.78, 5) is 0. The van der Waals surface area contributed by atoms with E-state index in [9.17, 15) is 0 Å². The summed E-state index contributed by atoms with van der Waals surface area (Å²) in [6, 6.07) is 3.42. The Labute approximate surface area is 119 Å². The molecule has 0 atom stereocenters. The second-order valence-corrected chi connectivity index (χ2v) is 4.47. The van der Waals surface area contributed by atoms with Crippen LogP contribution in [0.3, 0.4) is 0 Å². The van der Waals surface area contributed by atoms with Crippen LogP contribution < -0.4 is 9.47 Å². The third-order valence-corrected chi connectivity index (χ3v) is 2.81. The van der Waals surface area contributed by atoms with Crippen LogP contribution in [0.25, 0.3) is 0 Å². The number of halogens is 1. The third-order valence-electron chi connectivity index (χ3n) is 2.53. The minimum absolute atomic E-state index is 0.456. The van der Waals surface area contributed by atoms with Gasteiger partial charge in [-0.1, -0.05) is 36.5 Å². The fourth-order valence-electron chi connectivity index (χ4n) is 1.66. The van der Waals surface area contributed by atoms with Crippen molar-refractivity contribution in [3.63, 3.8) is 0 Å². The van der Waals surface area contributed by atoms with Gasteiger partial charge in [-0.2, -0.15) is 0 Å². The maximum Gasteiger partial charge on any atom is 0.179 e. The van der Waals surface area contributed by atoms with Gasteiger partial charge in [0.2, 0.25) is 0 Å². The molecule has 0 aliphatic carbocycles. The average Bonchev–Trinajstić information content (AvgIpc) is 2.38. The molecule has 1 N–H and O–H groups in total. The van der Waals surface area contributed by atoms with Gasteiger partial charge in [-0.05, 0) is 25.5 Å². The van der Waals surface area contributed by atoms with Crippen LogP contribution in [-0.4, -0.2) is 24.6 Å². The molecule has 1 rings (SSSR count). The smallest absolute Gasteiger partial charge is 0.179 e. The van der Waals surface area contributed by atoms with Gasteiger partial charge in [-0.15, -0.1) is 0 Å². The monoisotopic (exact) mass is 285 g/mol. The van der Waals surface area contributed by atoms with Gasteiger partial charge in [0.25, 0.3) is 0 Å². The second kappa shape index (κ2) is 8.64. The Morgan fingerprint density at radius 3 is 2.68 bits per heavy atom. The van der Waals surface area contributed by atoms with E-state index in [1.54, 1.807) is 12.1 Å². The normalized spacial score (nSPS) is 10.9. The van der Waals surface area contributed by atoms with E-state index in [0.717, 1.165) is 19.3 Å². The number of ether oxygens (including phenoxy) is 2. The van der Waals surface area contributed by atoms with Crippen molar-refractivity contribution in [2.45, 2.75) is 33.1 Å². The van der Waals surface area contributed by atoms with E-state index >= 15 is 0 Å². The van der Waals surface area contributed by atoms with Crippen LogP contribution >= 0.6 is 11.6 Å². The summed E-state index contributed by atoms with van der Waals surface area (Å²) in [6.45, 7) is 5.16. The maximum absolute atomic E-state index is 8.56. The van der Waals surface area contributed by atoms with Crippen LogP contribution in [0.15, 0.2) is 17.3 Å². The van der Waals surface area contributed by atoms with Crippen LogP contribution in [0, 0.1) is 0 Å². The summed E-state index contributed by atoms with van der Waals surface area (Å²) in [5, 5.41) is 12.0. The lowest BCUT2D eigenvalue weighted by Crippen LogP contribution is -2.02. The van der Waals surface area contributed by atoms with Gasteiger partial charge in [0.15, 0.2) is 11.5 Å². The fraction of sp³-hybridized carbons (Fsp3) is 0.500. The molecule has 106 valence electrons. The quantitative estimate of drug-likeness (QED) is 0.338. The zero-order valence-electron chi connectivity index (χ0n) is 11.4. The Morgan fingerprint density at radius 2 is 2.05 bits per heavy atom. The zero-order valence-corrected chi connectivity index (χ0v) is 12.1.